The largest absolute Gasteiger partial charge is 0.362 e. The van der Waals surface area contributed by atoms with E-state index in [9.17, 15) is 0 Å². The van der Waals surface area contributed by atoms with Crippen LogP contribution in [0.4, 0.5) is 5.69 Å². The minimum absolute atomic E-state index is 0.145. The molecule has 0 aliphatic carbocycles. The molecule has 4 atom stereocenters. The fourth-order valence-electron chi connectivity index (χ4n) is 5.30. The highest BCUT2D eigenvalue weighted by molar-refractivity contribution is 7.97. The van der Waals surface area contributed by atoms with Gasteiger partial charge >= 0.3 is 0 Å². The lowest BCUT2D eigenvalue weighted by atomic mass is 9.61. The Labute approximate surface area is 171 Å². The number of nitrogens with two attached hydrogens (primary N) is 1. The van der Waals surface area contributed by atoms with Crippen molar-refractivity contribution in [2.24, 2.45) is 11.7 Å². The van der Waals surface area contributed by atoms with Gasteiger partial charge in [-0.25, -0.2) is 0 Å². The van der Waals surface area contributed by atoms with Crippen LogP contribution in [-0.2, 0) is 11.8 Å². The van der Waals surface area contributed by atoms with Gasteiger partial charge in [0.15, 0.2) is 0 Å². The van der Waals surface area contributed by atoms with Crippen LogP contribution in [0.5, 0.6) is 0 Å². The highest BCUT2D eigenvalue weighted by Crippen LogP contribution is 2.48. The van der Waals surface area contributed by atoms with Gasteiger partial charge in [-0.3, -0.25) is 4.72 Å². The maximum Gasteiger partial charge on any atom is 0.0422 e. The molecule has 3 aliphatic rings. The smallest absolute Gasteiger partial charge is 0.0422 e. The lowest BCUT2D eigenvalue weighted by molar-refractivity contribution is 0.245. The van der Waals surface area contributed by atoms with E-state index < -0.39 is 0 Å². The molecule has 1 fully saturated rings. The van der Waals surface area contributed by atoms with Crippen LogP contribution in [0.2, 0.25) is 0 Å². The van der Waals surface area contributed by atoms with Crippen LogP contribution in [0.1, 0.15) is 23.1 Å². The number of benzene rings is 2. The molecule has 0 spiro atoms. The molecule has 0 saturated carbocycles. The van der Waals surface area contributed by atoms with E-state index in [2.05, 4.69) is 77.0 Å². The van der Waals surface area contributed by atoms with E-state index in [1.165, 1.54) is 27.3 Å². The molecule has 4 unspecified atom stereocenters. The van der Waals surface area contributed by atoms with E-state index in [0.29, 0.717) is 5.92 Å². The molecule has 5 N–H and O–H groups in total. The molecule has 3 heterocycles. The summed E-state index contributed by atoms with van der Waals surface area (Å²) in [7, 11) is 0. The monoisotopic (exact) mass is 392 g/mol. The van der Waals surface area contributed by atoms with E-state index in [-0.39, 0.29) is 17.5 Å². The van der Waals surface area contributed by atoms with Gasteiger partial charge in [-0.15, -0.1) is 0 Å². The Bertz CT molecular complexity index is 911. The Hall–Kier alpha value is -1.79. The van der Waals surface area contributed by atoms with Crippen LogP contribution in [0.25, 0.3) is 0 Å². The standard InChI is InChI=1S/C23H28N4S/c1-15-6-7-20-18(12-15)23(9-11-25-20,22-19(24)8-10-26-22)17-13-16-4-2-3-5-21(16)28-27-14-17/h2-7,9,11-12,17,19,22,25-27H,8,10,13-14,24H2,1H3. The van der Waals surface area contributed by atoms with Crippen molar-refractivity contribution in [3.8, 4) is 0 Å². The lowest BCUT2D eigenvalue weighted by Crippen LogP contribution is -2.58. The van der Waals surface area contributed by atoms with Crippen LogP contribution in [0, 0.1) is 12.8 Å². The van der Waals surface area contributed by atoms with Crippen molar-refractivity contribution >= 4 is 17.6 Å². The van der Waals surface area contributed by atoms with E-state index in [4.69, 9.17) is 5.73 Å². The molecule has 0 bridgehead atoms. The summed E-state index contributed by atoms with van der Waals surface area (Å²) in [5, 5.41) is 7.26. The molecule has 5 rings (SSSR count). The molecular weight excluding hydrogens is 364 g/mol. The summed E-state index contributed by atoms with van der Waals surface area (Å²) < 4.78 is 3.65. The van der Waals surface area contributed by atoms with Gasteiger partial charge in [0.05, 0.1) is 0 Å². The fourth-order valence-corrected chi connectivity index (χ4v) is 6.17. The Balaban J connectivity index is 1.67. The van der Waals surface area contributed by atoms with Crippen molar-refractivity contribution in [3.05, 3.63) is 71.4 Å². The predicted octanol–water partition coefficient (Wildman–Crippen LogP) is 3.33. The van der Waals surface area contributed by atoms with Gasteiger partial charge in [0.2, 0.25) is 0 Å². The summed E-state index contributed by atoms with van der Waals surface area (Å²) in [5.41, 5.74) is 11.8. The van der Waals surface area contributed by atoms with E-state index in [1.807, 2.05) is 0 Å². The molecule has 3 aliphatic heterocycles. The van der Waals surface area contributed by atoms with E-state index in [1.54, 1.807) is 11.9 Å². The highest BCUT2D eigenvalue weighted by Gasteiger charge is 2.51. The van der Waals surface area contributed by atoms with Gasteiger partial charge in [0.25, 0.3) is 0 Å². The number of anilines is 1. The van der Waals surface area contributed by atoms with Crippen LogP contribution in [0.3, 0.4) is 0 Å². The second kappa shape index (κ2) is 7.23. The third-order valence-corrected chi connectivity index (χ3v) is 7.58. The quantitative estimate of drug-likeness (QED) is 0.591. The van der Waals surface area contributed by atoms with Crippen molar-refractivity contribution in [3.63, 3.8) is 0 Å². The van der Waals surface area contributed by atoms with Crippen LogP contribution in [-0.4, -0.2) is 25.2 Å². The minimum atomic E-state index is -0.145. The van der Waals surface area contributed by atoms with Gasteiger partial charge < -0.3 is 16.4 Å². The maximum atomic E-state index is 6.69. The molecule has 0 radical (unpaired) electrons. The first-order chi connectivity index (χ1) is 13.7. The summed E-state index contributed by atoms with van der Waals surface area (Å²) in [4.78, 5) is 1.34. The topological polar surface area (TPSA) is 62.1 Å². The van der Waals surface area contributed by atoms with Crippen LogP contribution in [0.15, 0.2) is 59.6 Å². The first-order valence-corrected chi connectivity index (χ1v) is 11.0. The van der Waals surface area contributed by atoms with Gasteiger partial charge in [0, 0.05) is 34.6 Å². The lowest BCUT2D eigenvalue weighted by Gasteiger charge is -2.47. The zero-order chi connectivity index (χ0) is 19.1. The molecule has 146 valence electrons. The summed E-state index contributed by atoms with van der Waals surface area (Å²) >= 11 is 1.76. The Morgan fingerprint density at radius 2 is 2.07 bits per heavy atom. The second-order valence-corrected chi connectivity index (χ2v) is 9.24. The zero-order valence-electron chi connectivity index (χ0n) is 16.2. The number of nitrogens with one attached hydrogen (secondary N) is 3. The van der Waals surface area contributed by atoms with Crippen molar-refractivity contribution in [2.45, 2.75) is 42.2 Å². The molecule has 2 aromatic rings. The van der Waals surface area contributed by atoms with Crippen molar-refractivity contribution in [1.82, 2.24) is 10.0 Å². The van der Waals surface area contributed by atoms with Crippen LogP contribution < -0.4 is 21.1 Å². The molecule has 1 saturated heterocycles. The average molecular weight is 393 g/mol. The van der Waals surface area contributed by atoms with Gasteiger partial charge in [-0.05, 0) is 73.6 Å². The molecular formula is C23H28N4S. The Kier molecular flexibility index (Phi) is 4.71. The number of hydrogen-bond donors (Lipinski definition) is 4. The molecule has 0 aromatic heterocycles. The molecule has 5 heteroatoms. The number of fused-ring (bicyclic) bond motifs is 2. The molecule has 0 amide bonds. The van der Waals surface area contributed by atoms with Gasteiger partial charge in [-0.1, -0.05) is 42.0 Å². The summed E-state index contributed by atoms with van der Waals surface area (Å²) in [6.45, 7) is 4.12. The minimum Gasteiger partial charge on any atom is -0.362 e. The Morgan fingerprint density at radius 1 is 1.18 bits per heavy atom. The maximum absolute atomic E-state index is 6.69. The predicted molar refractivity (Wildman–Crippen MR) is 117 cm³/mol. The first kappa shape index (κ1) is 18.3. The third kappa shape index (κ3) is 2.89. The molecule has 4 nitrogen and oxygen atoms in total. The number of hydrogen-bond acceptors (Lipinski definition) is 5. The summed E-state index contributed by atoms with van der Waals surface area (Å²) in [6.07, 6.45) is 6.59. The first-order valence-electron chi connectivity index (χ1n) is 10.2. The summed E-state index contributed by atoms with van der Waals surface area (Å²) in [6, 6.07) is 15.9. The van der Waals surface area contributed by atoms with Gasteiger partial charge in [0.1, 0.15) is 0 Å². The number of rotatable bonds is 2. The highest BCUT2D eigenvalue weighted by atomic mass is 32.2. The summed E-state index contributed by atoms with van der Waals surface area (Å²) in [5.74, 6) is 0.407. The second-order valence-electron chi connectivity index (χ2n) is 8.30. The van der Waals surface area contributed by atoms with Crippen LogP contribution >= 0.6 is 11.9 Å². The average Bonchev–Trinajstić information content (AvgIpc) is 3.02. The van der Waals surface area contributed by atoms with Crippen molar-refractivity contribution in [1.29, 1.82) is 0 Å². The number of aryl methyl sites for hydroxylation is 1. The third-order valence-electron chi connectivity index (χ3n) is 6.65. The normalized spacial score (nSPS) is 31.6. The zero-order valence-corrected chi connectivity index (χ0v) is 17.1. The van der Waals surface area contributed by atoms with Crippen molar-refractivity contribution < 1.29 is 0 Å². The van der Waals surface area contributed by atoms with E-state index >= 15 is 0 Å². The Morgan fingerprint density at radius 3 is 2.93 bits per heavy atom. The molecule has 28 heavy (non-hydrogen) atoms. The van der Waals surface area contributed by atoms with Gasteiger partial charge in [-0.2, -0.15) is 0 Å². The SMILES string of the molecule is Cc1ccc2c(c1)C(C1CNSc3ccccc3C1)(C1NCCC1N)C=CN2. The van der Waals surface area contributed by atoms with Crippen molar-refractivity contribution in [2.75, 3.05) is 18.4 Å². The molecule has 2 aromatic carbocycles. The fraction of sp³-hybridized carbons (Fsp3) is 0.391. The van der Waals surface area contributed by atoms with E-state index in [0.717, 1.165) is 25.9 Å².